The van der Waals surface area contributed by atoms with Crippen LogP contribution in [0.15, 0.2) is 89.9 Å². The number of carbonyl (C=O) groups is 2. The number of nitro benzene ring substituents is 1. The van der Waals surface area contributed by atoms with Crippen LogP contribution in [0.5, 0.6) is 0 Å². The number of fused-ring (bicyclic) bond motifs is 3. The van der Waals surface area contributed by atoms with Crippen molar-refractivity contribution in [2.24, 2.45) is 16.5 Å². The van der Waals surface area contributed by atoms with Crippen LogP contribution >= 0.6 is 0 Å². The summed E-state index contributed by atoms with van der Waals surface area (Å²) in [6.07, 6.45) is 0.632. The number of rotatable bonds is 11. The number of pyridine rings is 1. The van der Waals surface area contributed by atoms with E-state index in [1.54, 1.807) is 18.2 Å². The first-order chi connectivity index (χ1) is 20.8. The maximum Gasteiger partial charge on any atom is 0.328 e. The molecule has 0 saturated heterocycles. The number of benzene rings is 3. The zero-order valence-corrected chi connectivity index (χ0v) is 23.0. The summed E-state index contributed by atoms with van der Waals surface area (Å²) in [6.45, 7) is 0.314. The van der Waals surface area contributed by atoms with Crippen LogP contribution in [-0.2, 0) is 16.1 Å². The molecule has 0 radical (unpaired) electrons. The lowest BCUT2D eigenvalue weighted by Gasteiger charge is -2.18. The number of amides is 1. The quantitative estimate of drug-likeness (QED) is 0.0447. The van der Waals surface area contributed by atoms with Gasteiger partial charge in [-0.25, -0.2) is 9.78 Å². The van der Waals surface area contributed by atoms with E-state index in [2.05, 4.69) is 20.3 Å². The highest BCUT2D eigenvalue weighted by atomic mass is 16.6. The molecule has 12 heteroatoms. The Morgan fingerprint density at radius 3 is 2.44 bits per heavy atom. The van der Waals surface area contributed by atoms with Gasteiger partial charge in [0.05, 0.1) is 16.1 Å². The first-order valence-electron chi connectivity index (χ1n) is 13.5. The van der Waals surface area contributed by atoms with Crippen molar-refractivity contribution in [1.82, 2.24) is 15.3 Å². The first-order valence-corrected chi connectivity index (χ1v) is 13.5. The molecule has 0 bridgehead atoms. The van der Waals surface area contributed by atoms with Gasteiger partial charge in [-0.2, -0.15) is 0 Å². The predicted molar refractivity (Wildman–Crippen MR) is 163 cm³/mol. The van der Waals surface area contributed by atoms with E-state index < -0.39 is 22.8 Å². The summed E-state index contributed by atoms with van der Waals surface area (Å²) in [4.78, 5) is 49.5. The number of hydrogen-bond donors (Lipinski definition) is 4. The number of aromatic amines is 1. The summed E-state index contributed by atoms with van der Waals surface area (Å²) in [7, 11) is 0. The summed E-state index contributed by atoms with van der Waals surface area (Å²) in [5.74, 6) is -1.26. The van der Waals surface area contributed by atoms with Crippen LogP contribution in [0, 0.1) is 10.1 Å². The number of aliphatic imine (C=N–C) groups is 1. The number of hydrogen-bond acceptors (Lipinski definition) is 7. The molecule has 5 rings (SSSR count). The van der Waals surface area contributed by atoms with Crippen molar-refractivity contribution < 1.29 is 19.2 Å². The van der Waals surface area contributed by atoms with Crippen molar-refractivity contribution in [3.63, 3.8) is 0 Å². The van der Waals surface area contributed by atoms with Gasteiger partial charge < -0.3 is 26.5 Å². The Kier molecular flexibility index (Phi) is 8.56. The van der Waals surface area contributed by atoms with Crippen LogP contribution in [0.2, 0.25) is 0 Å². The standard InChI is InChI=1S/C31H29N7O5/c32-31(33)34-16-6-11-25(30(40)43-18-19-7-2-1-3-8-19)37-29(39)26-17-23-22-9-4-5-10-24(22)35-28(23)27(36-26)20-12-14-21(15-13-20)38(41)42/h1-5,7-10,12-15,17,25,35H,6,11,16,18H2,(H,37,39)(H4,32,33,34)/t25-/m0/s1. The Morgan fingerprint density at radius 1 is 1.00 bits per heavy atom. The molecule has 1 atom stereocenters. The molecule has 0 spiro atoms. The zero-order valence-electron chi connectivity index (χ0n) is 23.0. The van der Waals surface area contributed by atoms with E-state index in [0.717, 1.165) is 21.9 Å². The second-order valence-electron chi connectivity index (χ2n) is 9.82. The lowest BCUT2D eigenvalue weighted by atomic mass is 10.1. The summed E-state index contributed by atoms with van der Waals surface area (Å²) in [5.41, 5.74) is 14.2. The van der Waals surface area contributed by atoms with Crippen molar-refractivity contribution in [2.75, 3.05) is 6.54 Å². The summed E-state index contributed by atoms with van der Waals surface area (Å²) in [6, 6.07) is 23.4. The van der Waals surface area contributed by atoms with Gasteiger partial charge >= 0.3 is 5.97 Å². The number of guanidine groups is 1. The summed E-state index contributed by atoms with van der Waals surface area (Å²) in [5, 5.41) is 15.6. The maximum absolute atomic E-state index is 13.7. The predicted octanol–water partition coefficient (Wildman–Crippen LogP) is 4.19. The van der Waals surface area contributed by atoms with Crippen LogP contribution in [0.25, 0.3) is 33.1 Å². The van der Waals surface area contributed by atoms with Crippen LogP contribution in [0.1, 0.15) is 28.9 Å². The Balaban J connectivity index is 1.47. The fourth-order valence-electron chi connectivity index (χ4n) is 4.73. The van der Waals surface area contributed by atoms with Gasteiger partial charge in [0.25, 0.3) is 11.6 Å². The second-order valence-corrected chi connectivity index (χ2v) is 9.82. The van der Waals surface area contributed by atoms with Gasteiger partial charge in [0.2, 0.25) is 0 Å². The molecule has 218 valence electrons. The number of nitrogens with one attached hydrogen (secondary N) is 2. The molecule has 1 amide bonds. The number of carbonyl (C=O) groups excluding carboxylic acids is 2. The van der Waals surface area contributed by atoms with Crippen LogP contribution in [0.4, 0.5) is 5.69 Å². The number of ether oxygens (including phenoxy) is 1. The van der Waals surface area contributed by atoms with Gasteiger partial charge in [-0.05, 0) is 42.7 Å². The van der Waals surface area contributed by atoms with E-state index in [4.69, 9.17) is 16.2 Å². The number of non-ortho nitro benzene ring substituents is 1. The van der Waals surface area contributed by atoms with Gasteiger partial charge in [0.15, 0.2) is 5.96 Å². The zero-order chi connectivity index (χ0) is 30.3. The number of H-pyrrole nitrogens is 1. The second kappa shape index (κ2) is 12.8. The van der Waals surface area contributed by atoms with E-state index in [0.29, 0.717) is 23.2 Å². The van der Waals surface area contributed by atoms with Gasteiger partial charge in [-0.15, -0.1) is 0 Å². The normalized spacial score (nSPS) is 11.6. The Labute approximate surface area is 245 Å². The minimum Gasteiger partial charge on any atom is -0.459 e. The van der Waals surface area contributed by atoms with Gasteiger partial charge in [-0.1, -0.05) is 48.5 Å². The van der Waals surface area contributed by atoms with Crippen molar-refractivity contribution in [3.05, 3.63) is 106 Å². The molecular weight excluding hydrogens is 550 g/mol. The van der Waals surface area contributed by atoms with Crippen LogP contribution in [0.3, 0.4) is 0 Å². The van der Waals surface area contributed by atoms with Gasteiger partial charge in [-0.3, -0.25) is 19.9 Å². The third-order valence-electron chi connectivity index (χ3n) is 6.84. The fraction of sp³-hybridized carbons (Fsp3) is 0.161. The smallest absolute Gasteiger partial charge is 0.328 e. The molecular formula is C31H29N7O5. The van der Waals surface area contributed by atoms with E-state index >= 15 is 0 Å². The van der Waals surface area contributed by atoms with Gasteiger partial charge in [0, 0.05) is 40.5 Å². The number of esters is 1. The van der Waals surface area contributed by atoms with Crippen molar-refractivity contribution >= 4 is 45.3 Å². The van der Waals surface area contributed by atoms with E-state index in [-0.39, 0.29) is 36.9 Å². The number of para-hydroxylation sites is 1. The molecule has 2 aromatic heterocycles. The molecule has 5 aromatic rings. The first kappa shape index (κ1) is 28.7. The van der Waals surface area contributed by atoms with Crippen molar-refractivity contribution in [3.8, 4) is 11.3 Å². The lowest BCUT2D eigenvalue weighted by molar-refractivity contribution is -0.384. The molecule has 0 fully saturated rings. The average molecular weight is 580 g/mol. The third-order valence-corrected chi connectivity index (χ3v) is 6.84. The molecule has 6 N–H and O–H groups in total. The minimum absolute atomic E-state index is 0.0454. The largest absolute Gasteiger partial charge is 0.459 e. The monoisotopic (exact) mass is 579 g/mol. The Bertz CT molecular complexity index is 1810. The van der Waals surface area contributed by atoms with Crippen molar-refractivity contribution in [1.29, 1.82) is 0 Å². The summed E-state index contributed by atoms with van der Waals surface area (Å²) >= 11 is 0. The third kappa shape index (κ3) is 6.76. The maximum atomic E-state index is 13.7. The molecule has 3 aromatic carbocycles. The van der Waals surface area contributed by atoms with E-state index in [1.165, 1.54) is 12.1 Å². The molecule has 43 heavy (non-hydrogen) atoms. The molecule has 0 aliphatic heterocycles. The number of aromatic nitrogens is 2. The molecule has 0 unspecified atom stereocenters. The molecule has 0 aliphatic rings. The number of nitro groups is 1. The molecule has 12 nitrogen and oxygen atoms in total. The van der Waals surface area contributed by atoms with E-state index in [1.807, 2.05) is 54.6 Å². The molecule has 0 aliphatic carbocycles. The Hall–Kier alpha value is -5.78. The highest BCUT2D eigenvalue weighted by Gasteiger charge is 2.25. The average Bonchev–Trinajstić information content (AvgIpc) is 3.40. The van der Waals surface area contributed by atoms with E-state index in [9.17, 15) is 19.7 Å². The minimum atomic E-state index is -0.992. The molecule has 2 heterocycles. The highest BCUT2D eigenvalue weighted by molar-refractivity contribution is 6.13. The fourth-order valence-corrected chi connectivity index (χ4v) is 4.73. The molecule has 0 saturated carbocycles. The Morgan fingerprint density at radius 2 is 1.72 bits per heavy atom. The number of nitrogens with zero attached hydrogens (tertiary/aromatic N) is 3. The topological polar surface area (TPSA) is 192 Å². The highest BCUT2D eigenvalue weighted by Crippen LogP contribution is 2.33. The van der Waals surface area contributed by atoms with Crippen molar-refractivity contribution in [2.45, 2.75) is 25.5 Å². The lowest BCUT2D eigenvalue weighted by Crippen LogP contribution is -2.42. The number of nitrogens with two attached hydrogens (primary N) is 2. The summed E-state index contributed by atoms with van der Waals surface area (Å²) < 4.78 is 5.52. The van der Waals surface area contributed by atoms with Crippen LogP contribution in [-0.4, -0.2) is 45.3 Å². The SMILES string of the molecule is NC(N)=NCCC[C@H](NC(=O)c1cc2c([nH]c3ccccc32)c(-c2ccc([N+](=O)[O-])cc2)n1)C(=O)OCc1ccccc1. The van der Waals surface area contributed by atoms with Crippen LogP contribution < -0.4 is 16.8 Å². The van der Waals surface area contributed by atoms with Gasteiger partial charge in [0.1, 0.15) is 18.3 Å².